The summed E-state index contributed by atoms with van der Waals surface area (Å²) in [4.78, 5) is 49.4. The van der Waals surface area contributed by atoms with Crippen LogP contribution in [0.1, 0.15) is 33.6 Å². The molecule has 0 aromatic rings. The van der Waals surface area contributed by atoms with E-state index in [1.165, 1.54) is 16.7 Å². The molecule has 1 heterocycles. The Bertz CT molecular complexity index is 501. The van der Waals surface area contributed by atoms with Gasteiger partial charge in [-0.15, -0.1) is 0 Å². The first-order valence-corrected chi connectivity index (χ1v) is 8.22. The predicted octanol–water partition coefficient (Wildman–Crippen LogP) is 1.41. The summed E-state index contributed by atoms with van der Waals surface area (Å²) in [6.45, 7) is 6.27. The van der Waals surface area contributed by atoms with Gasteiger partial charge >= 0.3 is 6.09 Å². The summed E-state index contributed by atoms with van der Waals surface area (Å²) >= 11 is 1.20. The molecule has 1 aliphatic heterocycles. The molecule has 0 aromatic heterocycles. The van der Waals surface area contributed by atoms with E-state index in [1.807, 2.05) is 26.1 Å². The monoisotopic (exact) mass is 344 g/mol. The second-order valence-corrected chi connectivity index (χ2v) is 8.44. The number of ether oxygens (including phenoxy) is 1. The van der Waals surface area contributed by atoms with Crippen LogP contribution in [0.3, 0.4) is 0 Å². The third kappa shape index (κ3) is 5.85. The summed E-state index contributed by atoms with van der Waals surface area (Å²) in [5, 5.41) is 1.98. The van der Waals surface area contributed by atoms with Gasteiger partial charge in [-0.05, 0) is 12.3 Å². The molecule has 1 N–H and O–H groups in total. The number of carbonyl (C=O) groups excluding carboxylic acids is 4. The predicted molar refractivity (Wildman–Crippen MR) is 86.7 cm³/mol. The lowest BCUT2D eigenvalue weighted by Gasteiger charge is -2.34. The number of likely N-dealkylation sites (tertiary alicyclic amines) is 1. The first kappa shape index (κ1) is 19.5. The summed E-state index contributed by atoms with van der Waals surface area (Å²) in [5.41, 5.74) is 0. The average Bonchev–Trinajstić information content (AvgIpc) is 2.40. The van der Waals surface area contributed by atoms with Crippen molar-refractivity contribution in [2.75, 3.05) is 20.7 Å². The lowest BCUT2D eigenvalue weighted by atomic mass is 9.82. The lowest BCUT2D eigenvalue weighted by molar-refractivity contribution is -0.147. The van der Waals surface area contributed by atoms with Crippen molar-refractivity contribution in [3.63, 3.8) is 0 Å². The zero-order valence-electron chi connectivity index (χ0n) is 14.2. The van der Waals surface area contributed by atoms with Gasteiger partial charge in [0.2, 0.25) is 11.8 Å². The van der Waals surface area contributed by atoms with Gasteiger partial charge in [0, 0.05) is 24.8 Å². The summed E-state index contributed by atoms with van der Waals surface area (Å²) in [5.74, 6) is -2.55. The molecule has 1 rings (SSSR count). The minimum Gasteiger partial charge on any atom is -0.453 e. The van der Waals surface area contributed by atoms with Crippen molar-refractivity contribution in [3.05, 3.63) is 0 Å². The summed E-state index contributed by atoms with van der Waals surface area (Å²) in [6.07, 6.45) is -0.246. The molecule has 0 aromatic carbocycles. The van der Waals surface area contributed by atoms with Gasteiger partial charge in [0.1, 0.15) is 5.92 Å². The number of rotatable bonds is 3. The van der Waals surface area contributed by atoms with Crippen molar-refractivity contribution in [2.45, 2.75) is 38.4 Å². The quantitative estimate of drug-likeness (QED) is 0.778. The number of methoxy groups -OCH3 is 1. The molecule has 0 aliphatic carbocycles. The topological polar surface area (TPSA) is 92.8 Å². The van der Waals surface area contributed by atoms with Crippen molar-refractivity contribution in [1.82, 2.24) is 10.2 Å². The van der Waals surface area contributed by atoms with Crippen molar-refractivity contribution in [2.24, 2.45) is 11.8 Å². The Balaban J connectivity index is 2.85. The Morgan fingerprint density at radius 3 is 2.48 bits per heavy atom. The van der Waals surface area contributed by atoms with Crippen LogP contribution < -0.4 is 5.32 Å². The van der Waals surface area contributed by atoms with E-state index in [0.29, 0.717) is 13.0 Å². The van der Waals surface area contributed by atoms with E-state index < -0.39 is 23.8 Å². The van der Waals surface area contributed by atoms with Gasteiger partial charge in [-0.3, -0.25) is 19.7 Å². The molecule has 0 unspecified atom stereocenters. The minimum atomic E-state index is -1.04. The summed E-state index contributed by atoms with van der Waals surface area (Å²) in [6, 6.07) is 0. The zero-order chi connectivity index (χ0) is 17.8. The first-order chi connectivity index (χ1) is 10.5. The molecule has 3 amide bonds. The molecule has 2 atom stereocenters. The number of amides is 3. The highest BCUT2D eigenvalue weighted by Crippen LogP contribution is 2.32. The van der Waals surface area contributed by atoms with Gasteiger partial charge in [0.05, 0.1) is 7.11 Å². The molecule has 0 radical (unpaired) electrons. The maximum atomic E-state index is 12.3. The highest BCUT2D eigenvalue weighted by molar-refractivity contribution is 8.14. The largest absolute Gasteiger partial charge is 0.453 e. The van der Waals surface area contributed by atoms with Gasteiger partial charge in [-0.1, -0.05) is 32.5 Å². The average molecular weight is 344 g/mol. The van der Waals surface area contributed by atoms with Crippen LogP contribution in [0.25, 0.3) is 0 Å². The number of carbonyl (C=O) groups is 4. The maximum Gasteiger partial charge on any atom is 0.413 e. The molecule has 8 heteroatoms. The van der Waals surface area contributed by atoms with Crippen LogP contribution >= 0.6 is 11.8 Å². The van der Waals surface area contributed by atoms with Gasteiger partial charge in [-0.2, -0.15) is 0 Å². The Morgan fingerprint density at radius 2 is 1.96 bits per heavy atom. The van der Waals surface area contributed by atoms with Crippen molar-refractivity contribution >= 4 is 34.8 Å². The van der Waals surface area contributed by atoms with Crippen LogP contribution in [-0.4, -0.2) is 53.4 Å². The maximum absolute atomic E-state index is 12.3. The fourth-order valence-corrected chi connectivity index (χ4v) is 3.43. The molecule has 0 bridgehead atoms. The van der Waals surface area contributed by atoms with E-state index in [-0.39, 0.29) is 22.2 Å². The fourth-order valence-electron chi connectivity index (χ4n) is 2.45. The molecule has 1 aliphatic rings. The number of nitrogens with zero attached hydrogens (tertiary/aromatic N) is 1. The minimum absolute atomic E-state index is 0.0595. The van der Waals surface area contributed by atoms with E-state index in [2.05, 4.69) is 4.74 Å². The Kier molecular flexibility index (Phi) is 6.61. The second kappa shape index (κ2) is 7.81. The molecule has 1 fully saturated rings. The third-order valence-electron chi connectivity index (χ3n) is 3.49. The number of hydrogen-bond acceptors (Lipinski definition) is 6. The zero-order valence-corrected chi connectivity index (χ0v) is 15.0. The molecule has 7 nitrogen and oxygen atoms in total. The second-order valence-electron chi connectivity index (χ2n) is 6.56. The molecular formula is C15H24N2O5S. The van der Waals surface area contributed by atoms with E-state index >= 15 is 0 Å². The summed E-state index contributed by atoms with van der Waals surface area (Å²) < 4.78 is 4.16. The number of thioether (sulfide) groups is 1. The van der Waals surface area contributed by atoms with Crippen LogP contribution in [0, 0.1) is 11.8 Å². The first-order valence-electron chi connectivity index (χ1n) is 7.40. The van der Waals surface area contributed by atoms with E-state index in [0.717, 1.165) is 7.11 Å². The van der Waals surface area contributed by atoms with Crippen LogP contribution in [0.5, 0.6) is 0 Å². The molecule has 1 saturated heterocycles. The van der Waals surface area contributed by atoms with Crippen LogP contribution in [0.4, 0.5) is 4.79 Å². The van der Waals surface area contributed by atoms with Crippen molar-refractivity contribution in [1.29, 1.82) is 0 Å². The highest BCUT2D eigenvalue weighted by atomic mass is 32.2. The Hall–Kier alpha value is -1.57. The molecule has 23 heavy (non-hydrogen) atoms. The van der Waals surface area contributed by atoms with Crippen molar-refractivity contribution < 1.29 is 23.9 Å². The number of nitrogens with one attached hydrogen (secondary N) is 1. The standard InChI is InChI=1S/C15H24N2O5S/c1-15(2,3)23-10(18)8-9-6-7-17(4)13(20)11(9)12(19)16-14(21)22-5/h9,11H,6-8H2,1-5H3,(H,16,19,21)/t9-,11+/m1/s1. The van der Waals surface area contributed by atoms with Gasteiger partial charge < -0.3 is 9.64 Å². The molecular weight excluding hydrogens is 320 g/mol. The van der Waals surface area contributed by atoms with E-state index in [1.54, 1.807) is 7.05 Å². The van der Waals surface area contributed by atoms with E-state index in [4.69, 9.17) is 0 Å². The number of piperidine rings is 1. The smallest absolute Gasteiger partial charge is 0.413 e. The SMILES string of the molecule is COC(=O)NC(=O)[C@H]1C(=O)N(C)CC[C@@H]1CC(=O)SC(C)(C)C. The van der Waals surface area contributed by atoms with Gasteiger partial charge in [0.15, 0.2) is 5.12 Å². The third-order valence-corrected chi connectivity index (χ3v) is 4.50. The number of alkyl carbamates (subject to hydrolysis) is 1. The normalized spacial score (nSPS) is 21.8. The highest BCUT2D eigenvalue weighted by Gasteiger charge is 2.42. The van der Waals surface area contributed by atoms with E-state index in [9.17, 15) is 19.2 Å². The van der Waals surface area contributed by atoms with Gasteiger partial charge in [0.25, 0.3) is 0 Å². The summed E-state index contributed by atoms with van der Waals surface area (Å²) in [7, 11) is 2.74. The van der Waals surface area contributed by atoms with Crippen LogP contribution in [0.2, 0.25) is 0 Å². The Morgan fingerprint density at radius 1 is 1.35 bits per heavy atom. The number of hydrogen-bond donors (Lipinski definition) is 1. The lowest BCUT2D eigenvalue weighted by Crippen LogP contribution is -2.51. The van der Waals surface area contributed by atoms with Crippen LogP contribution in [-0.2, 0) is 19.1 Å². The fraction of sp³-hybridized carbons (Fsp3) is 0.733. The molecule has 0 spiro atoms. The molecule has 0 saturated carbocycles. The molecule has 130 valence electrons. The van der Waals surface area contributed by atoms with Crippen molar-refractivity contribution in [3.8, 4) is 0 Å². The Labute approximate surface area is 140 Å². The van der Waals surface area contributed by atoms with Crippen LogP contribution in [0.15, 0.2) is 0 Å². The van der Waals surface area contributed by atoms with Gasteiger partial charge in [-0.25, -0.2) is 4.79 Å². The number of imide groups is 1.